The number of ketones is 1. The molecule has 3 aromatic rings. The molecule has 4 heteroatoms. The Morgan fingerprint density at radius 2 is 1.36 bits per heavy atom. The van der Waals surface area contributed by atoms with E-state index in [4.69, 9.17) is 0 Å². The van der Waals surface area contributed by atoms with Crippen LogP contribution in [0.1, 0.15) is 21.5 Å². The molecule has 0 spiro atoms. The summed E-state index contributed by atoms with van der Waals surface area (Å²) in [6.07, 6.45) is -0.0443. The van der Waals surface area contributed by atoms with Crippen LogP contribution in [-0.4, -0.2) is 11.7 Å². The number of nitrogens with one attached hydrogen (secondary N) is 1. The lowest BCUT2D eigenvalue weighted by Crippen LogP contribution is -2.15. The van der Waals surface area contributed by atoms with Crippen molar-refractivity contribution in [2.75, 3.05) is 5.32 Å². The standard InChI is InChI=1S/C21H16FNO2/c22-19-9-5-4-8-17(19)14-20(24)23-18-12-10-16(11-13-18)21(25)15-6-2-1-3-7-15/h1-13H,14H2,(H,23,24). The number of hydrogen-bond donors (Lipinski definition) is 1. The minimum absolute atomic E-state index is 0.0443. The molecule has 1 amide bonds. The Hall–Kier alpha value is -3.27. The summed E-state index contributed by atoms with van der Waals surface area (Å²) in [5.41, 5.74) is 2.05. The quantitative estimate of drug-likeness (QED) is 0.710. The van der Waals surface area contributed by atoms with E-state index in [0.29, 0.717) is 22.4 Å². The fourth-order valence-corrected chi connectivity index (χ4v) is 2.48. The Morgan fingerprint density at radius 1 is 0.760 bits per heavy atom. The fourth-order valence-electron chi connectivity index (χ4n) is 2.48. The lowest BCUT2D eigenvalue weighted by atomic mass is 10.0. The van der Waals surface area contributed by atoms with Gasteiger partial charge < -0.3 is 5.32 Å². The molecule has 25 heavy (non-hydrogen) atoms. The molecule has 3 rings (SSSR count). The van der Waals surface area contributed by atoms with Crippen LogP contribution in [0.4, 0.5) is 10.1 Å². The molecule has 124 valence electrons. The smallest absolute Gasteiger partial charge is 0.228 e. The average Bonchev–Trinajstić information content (AvgIpc) is 2.64. The minimum atomic E-state index is -0.401. The average molecular weight is 333 g/mol. The van der Waals surface area contributed by atoms with Gasteiger partial charge in [0, 0.05) is 16.8 Å². The summed E-state index contributed by atoms with van der Waals surface area (Å²) in [5.74, 6) is -0.793. The van der Waals surface area contributed by atoms with Crippen LogP contribution < -0.4 is 5.32 Å². The van der Waals surface area contributed by atoms with E-state index in [1.54, 1.807) is 54.6 Å². The van der Waals surface area contributed by atoms with Crippen LogP contribution in [0, 0.1) is 5.82 Å². The summed E-state index contributed by atoms with van der Waals surface area (Å²) in [7, 11) is 0. The molecular weight excluding hydrogens is 317 g/mol. The number of hydrogen-bond acceptors (Lipinski definition) is 2. The zero-order valence-electron chi connectivity index (χ0n) is 13.4. The number of rotatable bonds is 5. The number of anilines is 1. The lowest BCUT2D eigenvalue weighted by Gasteiger charge is -2.07. The van der Waals surface area contributed by atoms with Gasteiger partial charge in [-0.25, -0.2) is 4.39 Å². The first-order valence-corrected chi connectivity index (χ1v) is 7.86. The van der Waals surface area contributed by atoms with Crippen LogP contribution in [0.25, 0.3) is 0 Å². The van der Waals surface area contributed by atoms with E-state index in [9.17, 15) is 14.0 Å². The zero-order valence-corrected chi connectivity index (χ0v) is 13.4. The van der Waals surface area contributed by atoms with Gasteiger partial charge in [-0.1, -0.05) is 48.5 Å². The molecule has 3 aromatic carbocycles. The highest BCUT2D eigenvalue weighted by molar-refractivity contribution is 6.09. The van der Waals surface area contributed by atoms with Crippen LogP contribution in [0.5, 0.6) is 0 Å². The highest BCUT2D eigenvalue weighted by Crippen LogP contribution is 2.15. The second-order valence-corrected chi connectivity index (χ2v) is 5.59. The van der Waals surface area contributed by atoms with E-state index >= 15 is 0 Å². The summed E-state index contributed by atoms with van der Waals surface area (Å²) in [6.45, 7) is 0. The van der Waals surface area contributed by atoms with Gasteiger partial charge in [0.05, 0.1) is 6.42 Å². The summed E-state index contributed by atoms with van der Waals surface area (Å²) < 4.78 is 13.6. The van der Waals surface area contributed by atoms with Gasteiger partial charge in [-0.15, -0.1) is 0 Å². The SMILES string of the molecule is O=C(Cc1ccccc1F)Nc1ccc(C(=O)c2ccccc2)cc1. The maximum absolute atomic E-state index is 13.6. The lowest BCUT2D eigenvalue weighted by molar-refractivity contribution is -0.115. The van der Waals surface area contributed by atoms with Gasteiger partial charge in [0.25, 0.3) is 0 Å². The summed E-state index contributed by atoms with van der Waals surface area (Å²) >= 11 is 0. The highest BCUT2D eigenvalue weighted by atomic mass is 19.1. The van der Waals surface area contributed by atoms with Crippen molar-refractivity contribution in [3.63, 3.8) is 0 Å². The largest absolute Gasteiger partial charge is 0.326 e. The van der Waals surface area contributed by atoms with E-state index in [0.717, 1.165) is 0 Å². The van der Waals surface area contributed by atoms with E-state index in [2.05, 4.69) is 5.32 Å². The third kappa shape index (κ3) is 4.18. The molecule has 0 radical (unpaired) electrons. The van der Waals surface area contributed by atoms with Crippen LogP contribution in [0.3, 0.4) is 0 Å². The number of benzene rings is 3. The van der Waals surface area contributed by atoms with E-state index < -0.39 is 5.82 Å². The molecule has 0 bridgehead atoms. The summed E-state index contributed by atoms with van der Waals surface area (Å²) in [4.78, 5) is 24.4. The number of halogens is 1. The van der Waals surface area contributed by atoms with Crippen LogP contribution in [0.15, 0.2) is 78.9 Å². The second kappa shape index (κ2) is 7.53. The maximum Gasteiger partial charge on any atom is 0.228 e. The number of carbonyl (C=O) groups excluding carboxylic acids is 2. The normalized spacial score (nSPS) is 10.3. The van der Waals surface area contributed by atoms with Gasteiger partial charge in [0.2, 0.25) is 5.91 Å². The maximum atomic E-state index is 13.6. The van der Waals surface area contributed by atoms with E-state index in [1.807, 2.05) is 18.2 Å². The third-order valence-corrected chi connectivity index (χ3v) is 3.78. The van der Waals surface area contributed by atoms with Crippen molar-refractivity contribution in [2.45, 2.75) is 6.42 Å². The molecule has 0 unspecified atom stereocenters. The Morgan fingerprint density at radius 3 is 2.04 bits per heavy atom. The van der Waals surface area contributed by atoms with Crippen LogP contribution in [0.2, 0.25) is 0 Å². The Balaban J connectivity index is 1.66. The second-order valence-electron chi connectivity index (χ2n) is 5.59. The Bertz CT molecular complexity index is 889. The molecule has 0 heterocycles. The predicted molar refractivity (Wildman–Crippen MR) is 95.1 cm³/mol. The molecular formula is C21H16FNO2. The van der Waals surface area contributed by atoms with Crippen molar-refractivity contribution in [3.05, 3.63) is 101 Å². The predicted octanol–water partition coefficient (Wildman–Crippen LogP) is 4.24. The van der Waals surface area contributed by atoms with Gasteiger partial charge in [-0.3, -0.25) is 9.59 Å². The molecule has 1 N–H and O–H groups in total. The van der Waals surface area contributed by atoms with Gasteiger partial charge in [-0.05, 0) is 35.9 Å². The molecule has 3 nitrogen and oxygen atoms in total. The van der Waals surface area contributed by atoms with Gasteiger partial charge in [-0.2, -0.15) is 0 Å². The summed E-state index contributed by atoms with van der Waals surface area (Å²) in [5, 5.41) is 2.71. The Labute approximate surface area is 145 Å². The molecule has 0 fully saturated rings. The van der Waals surface area contributed by atoms with Crippen molar-refractivity contribution >= 4 is 17.4 Å². The van der Waals surface area contributed by atoms with Gasteiger partial charge >= 0.3 is 0 Å². The highest BCUT2D eigenvalue weighted by Gasteiger charge is 2.10. The summed E-state index contributed by atoms with van der Waals surface area (Å²) in [6, 6.07) is 21.8. The van der Waals surface area contributed by atoms with E-state index in [-0.39, 0.29) is 18.1 Å². The Kier molecular flexibility index (Phi) is 5.00. The van der Waals surface area contributed by atoms with Crippen LogP contribution >= 0.6 is 0 Å². The monoisotopic (exact) mass is 333 g/mol. The van der Waals surface area contributed by atoms with E-state index in [1.165, 1.54) is 6.07 Å². The van der Waals surface area contributed by atoms with Crippen molar-refractivity contribution in [1.82, 2.24) is 0 Å². The first-order chi connectivity index (χ1) is 12.1. The zero-order chi connectivity index (χ0) is 17.6. The van der Waals surface area contributed by atoms with Crippen molar-refractivity contribution in [1.29, 1.82) is 0 Å². The first kappa shape index (κ1) is 16.6. The molecule has 0 aliphatic carbocycles. The fraction of sp³-hybridized carbons (Fsp3) is 0.0476. The van der Waals surface area contributed by atoms with Crippen molar-refractivity contribution in [2.24, 2.45) is 0 Å². The molecule has 0 aliphatic heterocycles. The topological polar surface area (TPSA) is 46.2 Å². The first-order valence-electron chi connectivity index (χ1n) is 7.86. The van der Waals surface area contributed by atoms with Crippen molar-refractivity contribution < 1.29 is 14.0 Å². The molecule has 0 aromatic heterocycles. The molecule has 0 aliphatic rings. The molecule has 0 saturated heterocycles. The minimum Gasteiger partial charge on any atom is -0.326 e. The number of carbonyl (C=O) groups is 2. The molecule has 0 saturated carbocycles. The molecule has 0 atom stereocenters. The third-order valence-electron chi connectivity index (χ3n) is 3.78. The van der Waals surface area contributed by atoms with Gasteiger partial charge in [0.15, 0.2) is 5.78 Å². The number of amides is 1. The van der Waals surface area contributed by atoms with Gasteiger partial charge in [0.1, 0.15) is 5.82 Å². The van der Waals surface area contributed by atoms with Crippen LogP contribution in [-0.2, 0) is 11.2 Å². The van der Waals surface area contributed by atoms with Crippen molar-refractivity contribution in [3.8, 4) is 0 Å².